The van der Waals surface area contributed by atoms with E-state index in [-0.39, 0.29) is 54.2 Å². The van der Waals surface area contributed by atoms with Gasteiger partial charge in [0.25, 0.3) is 5.91 Å². The van der Waals surface area contributed by atoms with Gasteiger partial charge in [0.1, 0.15) is 0 Å². The lowest BCUT2D eigenvalue weighted by Gasteiger charge is -2.33. The first-order chi connectivity index (χ1) is 14.5. The fourth-order valence-electron chi connectivity index (χ4n) is 3.77. The molecule has 1 aromatic rings. The van der Waals surface area contributed by atoms with E-state index in [2.05, 4.69) is 20.5 Å². The molecule has 2 aliphatic heterocycles. The number of methoxy groups -OCH3 is 1. The minimum Gasteiger partial charge on any atom is -0.469 e. The smallest absolute Gasteiger partial charge is 0.308 e. The van der Waals surface area contributed by atoms with E-state index in [1.54, 1.807) is 24.1 Å². The summed E-state index contributed by atoms with van der Waals surface area (Å²) in [6, 6.07) is 7.38. The second-order valence-electron chi connectivity index (χ2n) is 7.46. The zero-order chi connectivity index (χ0) is 21.5. The second-order valence-corrected chi connectivity index (χ2v) is 7.46. The number of benzene rings is 1. The summed E-state index contributed by atoms with van der Waals surface area (Å²) in [5.74, 6) is 0.349. The zero-order valence-corrected chi connectivity index (χ0v) is 20.3. The van der Waals surface area contributed by atoms with Gasteiger partial charge in [-0.2, -0.15) is 0 Å². The molecular weight excluding hydrogens is 513 g/mol. The highest BCUT2D eigenvalue weighted by atomic mass is 127. The number of piperazine rings is 1. The normalized spacial score (nSPS) is 17.5. The summed E-state index contributed by atoms with van der Waals surface area (Å²) in [6.45, 7) is 3.18. The highest BCUT2D eigenvalue weighted by molar-refractivity contribution is 14.0. The number of hydrogen-bond acceptors (Lipinski definition) is 5. The van der Waals surface area contributed by atoms with Gasteiger partial charge in [-0.15, -0.1) is 24.0 Å². The molecule has 2 aliphatic rings. The Morgan fingerprint density at radius 3 is 2.42 bits per heavy atom. The summed E-state index contributed by atoms with van der Waals surface area (Å²) >= 11 is 0. The molecule has 2 amide bonds. The Labute approximate surface area is 199 Å². The number of hydrogen-bond donors (Lipinski definition) is 2. The van der Waals surface area contributed by atoms with Crippen molar-refractivity contribution in [2.45, 2.75) is 19.4 Å². The van der Waals surface area contributed by atoms with Crippen molar-refractivity contribution in [1.82, 2.24) is 20.4 Å². The quantitative estimate of drug-likeness (QED) is 0.253. The van der Waals surface area contributed by atoms with E-state index in [4.69, 9.17) is 4.74 Å². The molecule has 0 atom stereocenters. The van der Waals surface area contributed by atoms with Gasteiger partial charge in [-0.3, -0.25) is 19.4 Å². The molecule has 0 unspecified atom stereocenters. The number of aliphatic imine (C=N–C) groups is 1. The number of ether oxygens (including phenoxy) is 1. The van der Waals surface area contributed by atoms with Crippen LogP contribution in [-0.2, 0) is 20.9 Å². The number of carbonyl (C=O) groups is 3. The van der Waals surface area contributed by atoms with Crippen LogP contribution < -0.4 is 10.6 Å². The number of amides is 2. The molecule has 0 aromatic heterocycles. The van der Waals surface area contributed by atoms with Crippen molar-refractivity contribution in [3.63, 3.8) is 0 Å². The maximum Gasteiger partial charge on any atom is 0.308 e. The number of carbonyl (C=O) groups excluding carboxylic acids is 3. The van der Waals surface area contributed by atoms with Crippen LogP contribution in [0.15, 0.2) is 29.3 Å². The topological polar surface area (TPSA) is 103 Å². The van der Waals surface area contributed by atoms with E-state index in [1.165, 1.54) is 7.11 Å². The van der Waals surface area contributed by atoms with E-state index in [0.717, 1.165) is 37.5 Å². The Kier molecular flexibility index (Phi) is 9.53. The molecule has 2 saturated heterocycles. The fraction of sp³-hybridized carbons (Fsp3) is 0.524. The number of nitrogens with one attached hydrogen (secondary N) is 2. The standard InChI is InChI=1S/C21H29N5O4.HI/c1-22-21(25-10-7-17(8-11-25)20(29)30-2)24-13-15-3-5-16(6-4-15)19(28)26-12-9-23-18(27)14-26;/h3-6,17H,7-14H2,1-2H3,(H,22,24)(H,23,27);1H. The lowest BCUT2D eigenvalue weighted by Crippen LogP contribution is -2.49. The number of rotatable bonds is 4. The third kappa shape index (κ3) is 6.55. The monoisotopic (exact) mass is 543 g/mol. The minimum atomic E-state index is -0.141. The van der Waals surface area contributed by atoms with Gasteiger partial charge in [0, 0.05) is 45.3 Å². The molecule has 10 heteroatoms. The average molecular weight is 543 g/mol. The summed E-state index contributed by atoms with van der Waals surface area (Å²) in [5, 5.41) is 6.06. The maximum absolute atomic E-state index is 12.5. The van der Waals surface area contributed by atoms with Gasteiger partial charge in [-0.25, -0.2) is 0 Å². The third-order valence-corrected chi connectivity index (χ3v) is 5.52. The fourth-order valence-corrected chi connectivity index (χ4v) is 3.77. The Morgan fingerprint density at radius 1 is 1.16 bits per heavy atom. The Bertz CT molecular complexity index is 806. The number of nitrogens with zero attached hydrogens (tertiary/aromatic N) is 3. The molecule has 2 heterocycles. The maximum atomic E-state index is 12.5. The summed E-state index contributed by atoms with van der Waals surface area (Å²) < 4.78 is 4.84. The van der Waals surface area contributed by atoms with Crippen molar-refractivity contribution < 1.29 is 19.1 Å². The largest absolute Gasteiger partial charge is 0.469 e. The van der Waals surface area contributed by atoms with Crippen LogP contribution in [0.5, 0.6) is 0 Å². The zero-order valence-electron chi connectivity index (χ0n) is 17.9. The van der Waals surface area contributed by atoms with Crippen LogP contribution in [0.2, 0.25) is 0 Å². The third-order valence-electron chi connectivity index (χ3n) is 5.52. The molecule has 0 bridgehead atoms. The molecule has 0 spiro atoms. The summed E-state index contributed by atoms with van der Waals surface area (Å²) in [5.41, 5.74) is 1.59. The van der Waals surface area contributed by atoms with Gasteiger partial charge in [-0.1, -0.05) is 12.1 Å². The first-order valence-electron chi connectivity index (χ1n) is 10.2. The lowest BCUT2D eigenvalue weighted by atomic mass is 9.97. The van der Waals surface area contributed by atoms with Gasteiger partial charge in [0.2, 0.25) is 5.91 Å². The minimum absolute atomic E-state index is 0. The van der Waals surface area contributed by atoms with Crippen LogP contribution in [0.4, 0.5) is 0 Å². The summed E-state index contributed by atoms with van der Waals surface area (Å²) in [7, 11) is 3.17. The van der Waals surface area contributed by atoms with Crippen LogP contribution in [0, 0.1) is 5.92 Å². The van der Waals surface area contributed by atoms with Gasteiger partial charge in [0.15, 0.2) is 5.96 Å². The molecule has 9 nitrogen and oxygen atoms in total. The average Bonchev–Trinajstić information content (AvgIpc) is 2.79. The molecule has 31 heavy (non-hydrogen) atoms. The van der Waals surface area contributed by atoms with Crippen LogP contribution in [0.1, 0.15) is 28.8 Å². The van der Waals surface area contributed by atoms with Gasteiger partial charge >= 0.3 is 5.97 Å². The molecule has 0 saturated carbocycles. The first-order valence-corrected chi connectivity index (χ1v) is 10.2. The van der Waals surface area contributed by atoms with Crippen molar-refractivity contribution in [1.29, 1.82) is 0 Å². The number of guanidine groups is 1. The van der Waals surface area contributed by atoms with Gasteiger partial charge < -0.3 is 25.2 Å². The number of piperidine rings is 1. The Morgan fingerprint density at radius 2 is 1.84 bits per heavy atom. The number of likely N-dealkylation sites (tertiary alicyclic amines) is 1. The van der Waals surface area contributed by atoms with Crippen molar-refractivity contribution in [3.8, 4) is 0 Å². The van der Waals surface area contributed by atoms with Crippen LogP contribution in [-0.4, -0.2) is 80.4 Å². The molecule has 0 radical (unpaired) electrons. The SMILES string of the molecule is CN=C(NCc1ccc(C(=O)N2CCNC(=O)C2)cc1)N1CCC(C(=O)OC)CC1.I. The van der Waals surface area contributed by atoms with E-state index < -0.39 is 0 Å². The summed E-state index contributed by atoms with van der Waals surface area (Å²) in [6.07, 6.45) is 1.50. The van der Waals surface area contributed by atoms with E-state index in [9.17, 15) is 14.4 Å². The van der Waals surface area contributed by atoms with Gasteiger partial charge in [0.05, 0.1) is 19.6 Å². The van der Waals surface area contributed by atoms with Crippen LogP contribution >= 0.6 is 24.0 Å². The van der Waals surface area contributed by atoms with Crippen molar-refractivity contribution in [2.24, 2.45) is 10.9 Å². The van der Waals surface area contributed by atoms with E-state index >= 15 is 0 Å². The van der Waals surface area contributed by atoms with Crippen molar-refractivity contribution in [3.05, 3.63) is 35.4 Å². The van der Waals surface area contributed by atoms with Crippen LogP contribution in [0.25, 0.3) is 0 Å². The second kappa shape index (κ2) is 11.9. The van der Waals surface area contributed by atoms with Crippen LogP contribution in [0.3, 0.4) is 0 Å². The van der Waals surface area contributed by atoms with Crippen molar-refractivity contribution >= 4 is 47.7 Å². The molecule has 170 valence electrons. The number of esters is 1. The van der Waals surface area contributed by atoms with E-state index in [0.29, 0.717) is 25.2 Å². The number of halogens is 1. The van der Waals surface area contributed by atoms with Crippen molar-refractivity contribution in [2.75, 3.05) is 46.9 Å². The van der Waals surface area contributed by atoms with E-state index in [1.807, 2.05) is 12.1 Å². The molecule has 1 aromatic carbocycles. The first kappa shape index (κ1) is 24.9. The molecule has 3 rings (SSSR count). The molecule has 2 N–H and O–H groups in total. The summed E-state index contributed by atoms with van der Waals surface area (Å²) in [4.78, 5) is 43.8. The Hall–Kier alpha value is -2.37. The van der Waals surface area contributed by atoms with Gasteiger partial charge in [-0.05, 0) is 30.5 Å². The predicted octanol–water partition coefficient (Wildman–Crippen LogP) is 0.837. The lowest BCUT2D eigenvalue weighted by molar-refractivity contribution is -0.146. The predicted molar refractivity (Wildman–Crippen MR) is 127 cm³/mol. The highest BCUT2D eigenvalue weighted by Crippen LogP contribution is 2.18. The highest BCUT2D eigenvalue weighted by Gasteiger charge is 2.27. The molecule has 2 fully saturated rings. The molecular formula is C21H30IN5O4. The Balaban J connectivity index is 0.00000341. The molecule has 0 aliphatic carbocycles.